The predicted molar refractivity (Wildman–Crippen MR) is 265 cm³/mol. The molecule has 1 aromatic heterocycles. The van der Waals surface area contributed by atoms with Gasteiger partial charge < -0.3 is 19.3 Å². The molecule has 0 amide bonds. The number of allylic oxidation sites excluding steroid dienone is 7. The van der Waals surface area contributed by atoms with Gasteiger partial charge in [-0.25, -0.2) is 0 Å². The minimum atomic E-state index is -0.349. The second-order valence-electron chi connectivity index (χ2n) is 17.4. The minimum absolute atomic E-state index is 0.299. The van der Waals surface area contributed by atoms with E-state index in [0.717, 1.165) is 42.0 Å². The molecule has 4 nitrogen and oxygen atoms in total. The lowest BCUT2D eigenvalue weighted by Gasteiger charge is -2.44. The maximum Gasteiger partial charge on any atom is 0.0647 e. The average molecular weight is 813 g/mol. The summed E-state index contributed by atoms with van der Waals surface area (Å²) >= 11 is 0. The molecule has 0 N–H and O–H groups in total. The molecule has 4 heteroatoms. The van der Waals surface area contributed by atoms with E-state index in [2.05, 4.69) is 251 Å². The molecule has 7 aromatic carbocycles. The van der Waals surface area contributed by atoms with Gasteiger partial charge in [0.05, 0.1) is 28.3 Å². The van der Waals surface area contributed by atoms with E-state index in [1.165, 1.54) is 60.9 Å². The van der Waals surface area contributed by atoms with Crippen molar-refractivity contribution in [1.82, 2.24) is 9.47 Å². The van der Waals surface area contributed by atoms with Crippen LogP contribution in [0.4, 0.5) is 28.4 Å². The van der Waals surface area contributed by atoms with Crippen molar-refractivity contribution >= 4 is 61.0 Å². The standard InChI is InChI=1S/C59H48N4/c1-59(39-38-57-52(41-59)50-29-15-17-33-55(50)62(57)44-24-10-4-11-25-44)63(45-26-12-5-13-27-45)58-35-19-30-47-48(58)31-18-34-53(47)60(42-20-6-2-7-21-42)46-36-37-56-51(40-46)49-28-14-16-32-54(49)61(56)43-22-8-3-9-23-43/h2-10,12-24,26-40,50,55H,11,25,41H2,1H3. The van der Waals surface area contributed by atoms with Gasteiger partial charge >= 0.3 is 0 Å². The van der Waals surface area contributed by atoms with Gasteiger partial charge in [0.15, 0.2) is 0 Å². The van der Waals surface area contributed by atoms with Crippen LogP contribution in [0.5, 0.6) is 0 Å². The molecule has 3 aliphatic carbocycles. The second kappa shape index (κ2) is 15.1. The number of aromatic nitrogens is 1. The van der Waals surface area contributed by atoms with E-state index in [-0.39, 0.29) is 5.54 Å². The molecule has 0 spiro atoms. The Morgan fingerprint density at radius 1 is 0.571 bits per heavy atom. The first-order valence-electron chi connectivity index (χ1n) is 22.4. The van der Waals surface area contributed by atoms with E-state index in [1.54, 1.807) is 0 Å². The molecule has 1 aliphatic heterocycles. The van der Waals surface area contributed by atoms with Crippen molar-refractivity contribution in [3.05, 3.63) is 242 Å². The fourth-order valence-corrected chi connectivity index (χ4v) is 11.0. The van der Waals surface area contributed by atoms with Crippen molar-refractivity contribution in [2.45, 2.75) is 37.8 Å². The van der Waals surface area contributed by atoms with Gasteiger partial charge in [0.1, 0.15) is 0 Å². The number of para-hydroxylation sites is 4. The summed E-state index contributed by atoms with van der Waals surface area (Å²) in [6.07, 6.45) is 24.2. The summed E-state index contributed by atoms with van der Waals surface area (Å²) in [4.78, 5) is 7.68. The third-order valence-corrected chi connectivity index (χ3v) is 13.7. The summed E-state index contributed by atoms with van der Waals surface area (Å²) in [5.41, 5.74) is 13.2. The normalized spacial score (nSPS) is 20.1. The number of fused-ring (bicyclic) bond motifs is 6. The highest BCUT2D eigenvalue weighted by atomic mass is 15.2. The lowest BCUT2D eigenvalue weighted by Crippen LogP contribution is -2.44. The Hall–Kier alpha value is -7.56. The molecule has 63 heavy (non-hydrogen) atoms. The molecule has 4 aliphatic rings. The number of anilines is 5. The monoisotopic (exact) mass is 812 g/mol. The summed E-state index contributed by atoms with van der Waals surface area (Å²) in [6.45, 7) is 2.43. The van der Waals surface area contributed by atoms with Crippen molar-refractivity contribution < 1.29 is 0 Å². The molecule has 12 rings (SSSR count). The Kier molecular flexibility index (Phi) is 8.93. The first kappa shape index (κ1) is 37.2. The van der Waals surface area contributed by atoms with Crippen LogP contribution in [0.3, 0.4) is 0 Å². The largest absolute Gasteiger partial charge is 0.337 e. The van der Waals surface area contributed by atoms with E-state index < -0.39 is 0 Å². The molecule has 304 valence electrons. The zero-order chi connectivity index (χ0) is 41.9. The average Bonchev–Trinajstić information content (AvgIpc) is 3.85. The topological polar surface area (TPSA) is 14.7 Å². The Bertz CT molecular complexity index is 3240. The zero-order valence-electron chi connectivity index (χ0n) is 35.4. The SMILES string of the molecule is CC1(N(c2ccccc2)c2cccc3c(N(c4ccccc4)c4ccc5c(c4)c4ccccc4n5-c4ccccc4)cccc23)C=CC2=C(C1)C1C=CC=CC1N2C1=CC=CCC1. The van der Waals surface area contributed by atoms with Gasteiger partial charge in [-0.3, -0.25) is 0 Å². The highest BCUT2D eigenvalue weighted by molar-refractivity contribution is 6.12. The van der Waals surface area contributed by atoms with Gasteiger partial charge in [-0.05, 0) is 117 Å². The summed E-state index contributed by atoms with van der Waals surface area (Å²) in [6, 6.07) is 62.3. The van der Waals surface area contributed by atoms with Crippen molar-refractivity contribution in [2.75, 3.05) is 9.80 Å². The first-order valence-corrected chi connectivity index (χ1v) is 22.4. The Morgan fingerprint density at radius 2 is 1.24 bits per heavy atom. The van der Waals surface area contributed by atoms with E-state index in [0.29, 0.717) is 12.0 Å². The highest BCUT2D eigenvalue weighted by Gasteiger charge is 2.45. The maximum atomic E-state index is 2.63. The summed E-state index contributed by atoms with van der Waals surface area (Å²) in [5.74, 6) is 0.330. The smallest absolute Gasteiger partial charge is 0.0647 e. The van der Waals surface area contributed by atoms with Gasteiger partial charge in [-0.1, -0.05) is 140 Å². The summed E-state index contributed by atoms with van der Waals surface area (Å²) < 4.78 is 2.39. The number of hydrogen-bond donors (Lipinski definition) is 0. The molecule has 3 unspecified atom stereocenters. The Labute approximate surface area is 369 Å². The van der Waals surface area contributed by atoms with Crippen LogP contribution in [0.1, 0.15) is 26.2 Å². The highest BCUT2D eigenvalue weighted by Crippen LogP contribution is 2.52. The summed E-state index contributed by atoms with van der Waals surface area (Å²) in [5, 5.41) is 4.86. The Morgan fingerprint density at radius 3 is 2.02 bits per heavy atom. The molecular formula is C59H48N4. The molecule has 0 bridgehead atoms. The molecule has 0 saturated heterocycles. The van der Waals surface area contributed by atoms with Gasteiger partial charge in [0.2, 0.25) is 0 Å². The van der Waals surface area contributed by atoms with Crippen LogP contribution in [0.2, 0.25) is 0 Å². The van der Waals surface area contributed by atoms with Crippen molar-refractivity contribution in [1.29, 1.82) is 0 Å². The van der Waals surface area contributed by atoms with Crippen molar-refractivity contribution in [2.24, 2.45) is 5.92 Å². The molecular weight excluding hydrogens is 765 g/mol. The predicted octanol–water partition coefficient (Wildman–Crippen LogP) is 15.2. The van der Waals surface area contributed by atoms with Crippen LogP contribution >= 0.6 is 0 Å². The molecule has 2 heterocycles. The van der Waals surface area contributed by atoms with Crippen molar-refractivity contribution in [3.8, 4) is 5.69 Å². The molecule has 0 fully saturated rings. The third-order valence-electron chi connectivity index (χ3n) is 13.7. The fraction of sp³-hybridized carbons (Fsp3) is 0.119. The second-order valence-corrected chi connectivity index (χ2v) is 17.4. The molecule has 0 radical (unpaired) electrons. The lowest BCUT2D eigenvalue weighted by molar-refractivity contribution is 0.358. The van der Waals surface area contributed by atoms with Gasteiger partial charge in [-0.2, -0.15) is 0 Å². The van der Waals surface area contributed by atoms with E-state index in [1.807, 2.05) is 0 Å². The first-order chi connectivity index (χ1) is 31.1. The van der Waals surface area contributed by atoms with Crippen LogP contribution < -0.4 is 9.80 Å². The quantitative estimate of drug-likeness (QED) is 0.152. The zero-order valence-corrected chi connectivity index (χ0v) is 35.4. The number of rotatable bonds is 8. The van der Waals surface area contributed by atoms with Crippen LogP contribution in [0, 0.1) is 5.92 Å². The Balaban J connectivity index is 1.01. The minimum Gasteiger partial charge on any atom is -0.337 e. The van der Waals surface area contributed by atoms with E-state index in [4.69, 9.17) is 0 Å². The number of nitrogens with zero attached hydrogens (tertiary/aromatic N) is 4. The van der Waals surface area contributed by atoms with E-state index in [9.17, 15) is 0 Å². The van der Waals surface area contributed by atoms with Crippen LogP contribution in [0.25, 0.3) is 38.3 Å². The fourth-order valence-electron chi connectivity index (χ4n) is 11.0. The molecule has 3 atom stereocenters. The van der Waals surface area contributed by atoms with Gasteiger partial charge in [-0.15, -0.1) is 0 Å². The molecule has 0 saturated carbocycles. The summed E-state index contributed by atoms with van der Waals surface area (Å²) in [7, 11) is 0. The van der Waals surface area contributed by atoms with Crippen LogP contribution in [-0.4, -0.2) is 21.0 Å². The number of hydrogen-bond acceptors (Lipinski definition) is 3. The van der Waals surface area contributed by atoms with Gasteiger partial charge in [0, 0.05) is 67.3 Å². The van der Waals surface area contributed by atoms with Crippen molar-refractivity contribution in [3.63, 3.8) is 0 Å². The third kappa shape index (κ3) is 6.12. The van der Waals surface area contributed by atoms with Crippen LogP contribution in [-0.2, 0) is 0 Å². The van der Waals surface area contributed by atoms with Crippen LogP contribution in [0.15, 0.2) is 242 Å². The maximum absolute atomic E-state index is 2.63. The molecule has 8 aromatic rings. The lowest BCUT2D eigenvalue weighted by atomic mass is 9.78. The number of benzene rings is 7. The van der Waals surface area contributed by atoms with Gasteiger partial charge in [0.25, 0.3) is 0 Å². The van der Waals surface area contributed by atoms with E-state index >= 15 is 0 Å².